The first kappa shape index (κ1) is 21.3. The van der Waals surface area contributed by atoms with Gasteiger partial charge in [-0.1, -0.05) is 38.1 Å². The second-order valence-electron chi connectivity index (χ2n) is 8.14. The maximum absolute atomic E-state index is 12.5. The number of rotatable bonds is 6. The fraction of sp³-hybridized carbons (Fsp3) is 0.500. The van der Waals surface area contributed by atoms with E-state index < -0.39 is 6.10 Å². The summed E-state index contributed by atoms with van der Waals surface area (Å²) in [4.78, 5) is 24.1. The molecular formula is C24H30O5. The number of aryl methyl sites for hydroxylation is 2. The molecule has 29 heavy (non-hydrogen) atoms. The lowest BCUT2D eigenvalue weighted by molar-refractivity contribution is -0.160. The standard InChI is InChI=1S/C24H30O5/c1-5-14(2)24(27)29-23-16(4)15(3)11-18-8-6-7-17(22(18)23)9-10-20-12-19(25)13-21(26)28-20/h6-8,11,14,19-20,25H,5,9-10,12-13H2,1-4H3. The number of fused-ring (bicyclic) bond motifs is 1. The molecule has 1 N–H and O–H groups in total. The van der Waals surface area contributed by atoms with Gasteiger partial charge < -0.3 is 14.6 Å². The van der Waals surface area contributed by atoms with Gasteiger partial charge in [0.15, 0.2) is 0 Å². The van der Waals surface area contributed by atoms with Gasteiger partial charge in [-0.25, -0.2) is 0 Å². The number of aliphatic hydroxyl groups excluding tert-OH is 1. The van der Waals surface area contributed by atoms with Crippen molar-refractivity contribution in [3.8, 4) is 5.75 Å². The number of hydrogen-bond donors (Lipinski definition) is 1. The van der Waals surface area contributed by atoms with Crippen LogP contribution >= 0.6 is 0 Å². The molecule has 156 valence electrons. The van der Waals surface area contributed by atoms with Crippen LogP contribution in [0.1, 0.15) is 56.2 Å². The zero-order valence-corrected chi connectivity index (χ0v) is 17.7. The quantitative estimate of drug-likeness (QED) is 0.576. The summed E-state index contributed by atoms with van der Waals surface area (Å²) in [6.07, 6.45) is 1.61. The van der Waals surface area contributed by atoms with Crippen LogP contribution < -0.4 is 4.74 Å². The van der Waals surface area contributed by atoms with Gasteiger partial charge in [-0.2, -0.15) is 0 Å². The summed E-state index contributed by atoms with van der Waals surface area (Å²) in [6.45, 7) is 7.84. The van der Waals surface area contributed by atoms with E-state index in [1.807, 2.05) is 45.9 Å². The van der Waals surface area contributed by atoms with Crippen LogP contribution in [0.5, 0.6) is 5.75 Å². The Kier molecular flexibility index (Phi) is 6.58. The van der Waals surface area contributed by atoms with Gasteiger partial charge in [0.2, 0.25) is 0 Å². The smallest absolute Gasteiger partial charge is 0.314 e. The van der Waals surface area contributed by atoms with E-state index in [0.717, 1.165) is 33.9 Å². The van der Waals surface area contributed by atoms with Crippen LogP contribution in [0.4, 0.5) is 0 Å². The van der Waals surface area contributed by atoms with E-state index in [9.17, 15) is 14.7 Å². The molecule has 2 aromatic rings. The molecule has 0 radical (unpaired) electrons. The van der Waals surface area contributed by atoms with Crippen LogP contribution in [0, 0.1) is 19.8 Å². The van der Waals surface area contributed by atoms with Crippen molar-refractivity contribution in [2.75, 3.05) is 0 Å². The van der Waals surface area contributed by atoms with Gasteiger partial charge in [0.05, 0.1) is 18.4 Å². The minimum absolute atomic E-state index is 0.0684. The fourth-order valence-corrected chi connectivity index (χ4v) is 3.78. The first-order valence-corrected chi connectivity index (χ1v) is 10.4. The summed E-state index contributed by atoms with van der Waals surface area (Å²) in [7, 11) is 0. The Morgan fingerprint density at radius 3 is 2.79 bits per heavy atom. The maximum Gasteiger partial charge on any atom is 0.314 e. The molecule has 3 unspecified atom stereocenters. The number of benzene rings is 2. The fourth-order valence-electron chi connectivity index (χ4n) is 3.78. The van der Waals surface area contributed by atoms with Gasteiger partial charge >= 0.3 is 11.9 Å². The van der Waals surface area contributed by atoms with Gasteiger partial charge in [-0.3, -0.25) is 9.59 Å². The summed E-state index contributed by atoms with van der Waals surface area (Å²) in [6, 6.07) is 8.16. The predicted octanol–water partition coefficient (Wildman–Crippen LogP) is 4.41. The lowest BCUT2D eigenvalue weighted by Crippen LogP contribution is -2.32. The van der Waals surface area contributed by atoms with E-state index in [1.54, 1.807) is 0 Å². The minimum Gasteiger partial charge on any atom is -0.462 e. The molecule has 0 aromatic heterocycles. The molecule has 1 aliphatic rings. The Balaban J connectivity index is 1.94. The molecule has 1 aliphatic heterocycles. The summed E-state index contributed by atoms with van der Waals surface area (Å²) in [5, 5.41) is 11.8. The van der Waals surface area contributed by atoms with E-state index in [-0.39, 0.29) is 30.4 Å². The highest BCUT2D eigenvalue weighted by Crippen LogP contribution is 2.36. The van der Waals surface area contributed by atoms with E-state index in [2.05, 4.69) is 6.07 Å². The summed E-state index contributed by atoms with van der Waals surface area (Å²) >= 11 is 0. The van der Waals surface area contributed by atoms with Gasteiger partial charge in [0.25, 0.3) is 0 Å². The Bertz CT molecular complexity index is 917. The minimum atomic E-state index is -0.634. The normalized spacial score (nSPS) is 20.4. The average molecular weight is 398 g/mol. The van der Waals surface area contributed by atoms with Gasteiger partial charge in [0.1, 0.15) is 11.9 Å². The number of carbonyl (C=O) groups excluding carboxylic acids is 2. The molecule has 0 amide bonds. The molecular weight excluding hydrogens is 368 g/mol. The Labute approximate surface area is 172 Å². The van der Waals surface area contributed by atoms with E-state index in [4.69, 9.17) is 9.47 Å². The molecule has 2 aromatic carbocycles. The lowest BCUT2D eigenvalue weighted by atomic mass is 9.93. The highest BCUT2D eigenvalue weighted by atomic mass is 16.5. The van der Waals surface area contributed by atoms with Crippen LogP contribution in [0.25, 0.3) is 10.8 Å². The van der Waals surface area contributed by atoms with Gasteiger partial charge in [0, 0.05) is 11.8 Å². The zero-order chi connectivity index (χ0) is 21.1. The van der Waals surface area contributed by atoms with Crippen molar-refractivity contribution in [1.29, 1.82) is 0 Å². The van der Waals surface area contributed by atoms with Crippen molar-refractivity contribution >= 4 is 22.7 Å². The number of ether oxygens (including phenoxy) is 2. The SMILES string of the molecule is CCC(C)C(=O)Oc1c(C)c(C)cc2cccc(CCC3CC(O)CC(=O)O3)c12. The van der Waals surface area contributed by atoms with Crippen LogP contribution in [-0.2, 0) is 20.7 Å². The largest absolute Gasteiger partial charge is 0.462 e. The molecule has 3 rings (SSSR count). The molecule has 0 bridgehead atoms. The number of aliphatic hydroxyl groups is 1. The molecule has 3 atom stereocenters. The summed E-state index contributed by atoms with van der Waals surface area (Å²) < 4.78 is 11.3. The van der Waals surface area contributed by atoms with Crippen LogP contribution in [-0.4, -0.2) is 29.3 Å². The topological polar surface area (TPSA) is 72.8 Å². The third-order valence-corrected chi connectivity index (χ3v) is 5.90. The predicted molar refractivity (Wildman–Crippen MR) is 112 cm³/mol. The first-order chi connectivity index (χ1) is 13.8. The van der Waals surface area contributed by atoms with E-state index in [0.29, 0.717) is 25.0 Å². The molecule has 1 saturated heterocycles. The Morgan fingerprint density at radius 2 is 2.10 bits per heavy atom. The molecule has 0 saturated carbocycles. The third-order valence-electron chi connectivity index (χ3n) is 5.90. The Hall–Kier alpha value is -2.40. The van der Waals surface area contributed by atoms with Crippen LogP contribution in [0.15, 0.2) is 24.3 Å². The monoisotopic (exact) mass is 398 g/mol. The molecule has 1 heterocycles. The molecule has 5 heteroatoms. The van der Waals surface area contributed by atoms with Crippen molar-refractivity contribution in [2.24, 2.45) is 5.92 Å². The molecule has 0 aliphatic carbocycles. The van der Waals surface area contributed by atoms with Crippen molar-refractivity contribution in [2.45, 2.75) is 72.0 Å². The third kappa shape index (κ3) is 4.78. The molecule has 1 fully saturated rings. The molecule has 0 spiro atoms. The number of carbonyl (C=O) groups is 2. The van der Waals surface area contributed by atoms with Crippen molar-refractivity contribution in [3.63, 3.8) is 0 Å². The van der Waals surface area contributed by atoms with Crippen LogP contribution in [0.2, 0.25) is 0 Å². The van der Waals surface area contributed by atoms with Crippen molar-refractivity contribution in [3.05, 3.63) is 41.0 Å². The maximum atomic E-state index is 12.5. The second kappa shape index (κ2) is 8.95. The lowest BCUT2D eigenvalue weighted by Gasteiger charge is -2.26. The van der Waals surface area contributed by atoms with Crippen LogP contribution in [0.3, 0.4) is 0 Å². The second-order valence-corrected chi connectivity index (χ2v) is 8.14. The van der Waals surface area contributed by atoms with E-state index >= 15 is 0 Å². The summed E-state index contributed by atoms with van der Waals surface area (Å²) in [5.41, 5.74) is 3.08. The highest BCUT2D eigenvalue weighted by Gasteiger charge is 2.27. The van der Waals surface area contributed by atoms with E-state index in [1.165, 1.54) is 0 Å². The highest BCUT2D eigenvalue weighted by molar-refractivity contribution is 5.95. The van der Waals surface area contributed by atoms with Crippen molar-refractivity contribution in [1.82, 2.24) is 0 Å². The number of cyclic esters (lactones) is 1. The van der Waals surface area contributed by atoms with Crippen molar-refractivity contribution < 1.29 is 24.2 Å². The van der Waals surface area contributed by atoms with Gasteiger partial charge in [-0.15, -0.1) is 0 Å². The first-order valence-electron chi connectivity index (χ1n) is 10.4. The zero-order valence-electron chi connectivity index (χ0n) is 17.7. The average Bonchev–Trinajstić information content (AvgIpc) is 2.68. The number of esters is 2. The summed E-state index contributed by atoms with van der Waals surface area (Å²) in [5.74, 6) is -0.107. The molecule has 5 nitrogen and oxygen atoms in total. The van der Waals surface area contributed by atoms with Gasteiger partial charge in [-0.05, 0) is 55.2 Å². The Morgan fingerprint density at radius 1 is 1.34 bits per heavy atom. The number of hydrogen-bond acceptors (Lipinski definition) is 5.